The van der Waals surface area contributed by atoms with Gasteiger partial charge in [0.25, 0.3) is 5.91 Å². The van der Waals surface area contributed by atoms with E-state index in [4.69, 9.17) is 15.2 Å². The molecule has 11 heteroatoms. The molecule has 0 radical (unpaired) electrons. The number of amides is 2. The van der Waals surface area contributed by atoms with E-state index >= 15 is 0 Å². The van der Waals surface area contributed by atoms with Crippen LogP contribution in [0.5, 0.6) is 5.75 Å². The first kappa shape index (κ1) is 22.8. The van der Waals surface area contributed by atoms with Gasteiger partial charge in [-0.25, -0.2) is 10.4 Å². The number of carbonyl (C=O) groups is 2. The number of carbonyl (C=O) groups excluding carboxylic acids is 2. The molecule has 0 saturated carbocycles. The second kappa shape index (κ2) is 9.61. The van der Waals surface area contributed by atoms with Crippen LogP contribution in [0.15, 0.2) is 36.5 Å². The van der Waals surface area contributed by atoms with Crippen LogP contribution in [-0.2, 0) is 16.1 Å². The summed E-state index contributed by atoms with van der Waals surface area (Å²) in [7, 11) is 4.83. The predicted molar refractivity (Wildman–Crippen MR) is 122 cm³/mol. The summed E-state index contributed by atoms with van der Waals surface area (Å²) in [6.07, 6.45) is 1.80. The highest BCUT2D eigenvalue weighted by Gasteiger charge is 2.48. The van der Waals surface area contributed by atoms with Crippen molar-refractivity contribution in [1.82, 2.24) is 20.7 Å². The van der Waals surface area contributed by atoms with Crippen LogP contribution in [0.2, 0.25) is 0 Å². The fraction of sp³-hybridized carbons (Fsp3) is 0.409. The number of aromatic nitrogens is 1. The van der Waals surface area contributed by atoms with Crippen LogP contribution in [0.1, 0.15) is 22.3 Å². The van der Waals surface area contributed by atoms with Crippen LogP contribution in [0.4, 0.5) is 11.5 Å². The molecule has 0 aliphatic carbocycles. The third-order valence-corrected chi connectivity index (χ3v) is 5.89. The van der Waals surface area contributed by atoms with E-state index in [-0.39, 0.29) is 35.8 Å². The number of piperidine rings is 1. The lowest BCUT2D eigenvalue weighted by Crippen LogP contribution is -2.60. The number of nitrogens with zero attached hydrogens (tertiary/aromatic N) is 2. The van der Waals surface area contributed by atoms with Gasteiger partial charge in [-0.15, -0.1) is 0 Å². The van der Waals surface area contributed by atoms with E-state index in [0.29, 0.717) is 30.3 Å². The third kappa shape index (κ3) is 4.70. The quantitative estimate of drug-likeness (QED) is 0.384. The standard InChI is InChI=1S/C22H29N7O4/c1-29-22(31)18-15(25-14-6-4-5-13(20(23)30)19(14)33-3)10-17(27-21(18)28-29)26-16-9-12(11-32-2)7-8-24-16/h4-9,15,17-18,21,25,27-28H,10-11H2,1-3H3,(H2,23,30)(H,24,26). The Morgan fingerprint density at radius 1 is 1.30 bits per heavy atom. The van der Waals surface area contributed by atoms with Gasteiger partial charge in [0.2, 0.25) is 5.91 Å². The van der Waals surface area contributed by atoms with Crippen molar-refractivity contribution in [2.24, 2.45) is 11.7 Å². The van der Waals surface area contributed by atoms with Crippen molar-refractivity contribution in [3.8, 4) is 5.75 Å². The van der Waals surface area contributed by atoms with E-state index in [1.165, 1.54) is 12.1 Å². The molecule has 11 nitrogen and oxygen atoms in total. The van der Waals surface area contributed by atoms with Crippen molar-refractivity contribution in [3.63, 3.8) is 0 Å². The summed E-state index contributed by atoms with van der Waals surface area (Å²) < 4.78 is 10.7. The van der Waals surface area contributed by atoms with Gasteiger partial charge >= 0.3 is 0 Å². The van der Waals surface area contributed by atoms with E-state index in [0.717, 1.165) is 5.56 Å². The van der Waals surface area contributed by atoms with Gasteiger partial charge in [0.05, 0.1) is 43.2 Å². The second-order valence-electron chi connectivity index (χ2n) is 8.11. The average Bonchev–Trinajstić information content (AvgIpc) is 3.07. The summed E-state index contributed by atoms with van der Waals surface area (Å²) in [5, 5.41) is 11.8. The number of para-hydroxylation sites is 1. The number of anilines is 2. The van der Waals surface area contributed by atoms with Gasteiger partial charge in [-0.2, -0.15) is 0 Å². The van der Waals surface area contributed by atoms with Gasteiger partial charge in [-0.05, 0) is 29.8 Å². The maximum atomic E-state index is 12.9. The molecule has 4 atom stereocenters. The topological polar surface area (TPSA) is 143 Å². The summed E-state index contributed by atoms with van der Waals surface area (Å²) in [5.74, 6) is 0.0607. The number of hydrogen-bond acceptors (Lipinski definition) is 9. The van der Waals surface area contributed by atoms with Gasteiger partial charge in [-0.1, -0.05) is 6.07 Å². The minimum absolute atomic E-state index is 0.0336. The predicted octanol–water partition coefficient (Wildman–Crippen LogP) is 0.466. The monoisotopic (exact) mass is 455 g/mol. The molecule has 2 amide bonds. The lowest BCUT2D eigenvalue weighted by molar-refractivity contribution is -0.131. The van der Waals surface area contributed by atoms with Crippen LogP contribution >= 0.6 is 0 Å². The minimum Gasteiger partial charge on any atom is -0.494 e. The number of nitrogens with two attached hydrogens (primary N) is 1. The average molecular weight is 456 g/mol. The van der Waals surface area contributed by atoms with Crippen molar-refractivity contribution >= 4 is 23.3 Å². The van der Waals surface area contributed by atoms with Crippen LogP contribution in [0, 0.1) is 5.92 Å². The lowest BCUT2D eigenvalue weighted by Gasteiger charge is -2.39. The number of methoxy groups -OCH3 is 2. The van der Waals surface area contributed by atoms with Crippen molar-refractivity contribution in [3.05, 3.63) is 47.7 Å². The Labute approximate surface area is 192 Å². The van der Waals surface area contributed by atoms with Gasteiger partial charge in [0.1, 0.15) is 5.82 Å². The maximum absolute atomic E-state index is 12.9. The van der Waals surface area contributed by atoms with Crippen LogP contribution in [-0.4, -0.2) is 61.4 Å². The molecule has 0 bridgehead atoms. The Morgan fingerprint density at radius 3 is 2.85 bits per heavy atom. The normalized spacial score (nSPS) is 24.3. The van der Waals surface area contributed by atoms with Crippen LogP contribution < -0.4 is 31.8 Å². The fourth-order valence-electron chi connectivity index (χ4n) is 4.45. The number of primary amides is 1. The van der Waals surface area contributed by atoms with Gasteiger partial charge in [-0.3, -0.25) is 19.9 Å². The first-order chi connectivity index (χ1) is 15.9. The van der Waals surface area contributed by atoms with Crippen molar-refractivity contribution in [2.45, 2.75) is 31.4 Å². The number of nitrogens with one attached hydrogen (secondary N) is 4. The molecule has 3 heterocycles. The molecular formula is C22H29N7O4. The van der Waals surface area contributed by atoms with E-state index in [2.05, 4.69) is 26.4 Å². The van der Waals surface area contributed by atoms with Gasteiger partial charge < -0.3 is 25.8 Å². The Kier molecular flexibility index (Phi) is 6.63. The maximum Gasteiger partial charge on any atom is 0.252 e. The zero-order chi connectivity index (χ0) is 23.5. The molecule has 33 heavy (non-hydrogen) atoms. The fourth-order valence-corrected chi connectivity index (χ4v) is 4.45. The molecular weight excluding hydrogens is 426 g/mol. The largest absolute Gasteiger partial charge is 0.494 e. The number of fused-ring (bicyclic) bond motifs is 1. The number of pyridine rings is 1. The molecule has 2 aliphatic rings. The minimum atomic E-state index is -0.585. The summed E-state index contributed by atoms with van der Waals surface area (Å²) in [5.41, 5.74) is 10.6. The molecule has 0 spiro atoms. The number of rotatable bonds is 8. The number of hydrogen-bond donors (Lipinski definition) is 5. The van der Waals surface area contributed by atoms with Gasteiger partial charge in [0, 0.05) is 32.8 Å². The highest BCUT2D eigenvalue weighted by molar-refractivity contribution is 5.97. The molecule has 2 saturated heterocycles. The molecule has 2 aromatic rings. The number of benzene rings is 1. The highest BCUT2D eigenvalue weighted by Crippen LogP contribution is 2.34. The molecule has 176 valence electrons. The van der Waals surface area contributed by atoms with E-state index in [9.17, 15) is 9.59 Å². The lowest BCUT2D eigenvalue weighted by atomic mass is 9.88. The zero-order valence-corrected chi connectivity index (χ0v) is 18.8. The van der Waals surface area contributed by atoms with E-state index in [1.54, 1.807) is 38.6 Å². The second-order valence-corrected chi connectivity index (χ2v) is 8.11. The van der Waals surface area contributed by atoms with Crippen molar-refractivity contribution in [2.75, 3.05) is 31.9 Å². The van der Waals surface area contributed by atoms with Crippen molar-refractivity contribution < 1.29 is 19.1 Å². The SMILES string of the molecule is COCc1ccnc(NC2CC(Nc3cccc(C(N)=O)c3OC)C3C(=O)N(C)NC3N2)c1. The molecule has 4 unspecified atom stereocenters. The first-order valence-electron chi connectivity index (χ1n) is 10.6. The molecule has 2 aliphatic heterocycles. The van der Waals surface area contributed by atoms with Crippen LogP contribution in [0.25, 0.3) is 0 Å². The molecule has 1 aromatic carbocycles. The van der Waals surface area contributed by atoms with Crippen molar-refractivity contribution in [1.29, 1.82) is 0 Å². The summed E-state index contributed by atoms with van der Waals surface area (Å²) >= 11 is 0. The Hall–Kier alpha value is -3.41. The first-order valence-corrected chi connectivity index (χ1v) is 10.6. The molecule has 1 aromatic heterocycles. The molecule has 6 N–H and O–H groups in total. The zero-order valence-electron chi connectivity index (χ0n) is 18.8. The Balaban J connectivity index is 1.59. The summed E-state index contributed by atoms with van der Waals surface area (Å²) in [6, 6.07) is 8.70. The van der Waals surface area contributed by atoms with Crippen LogP contribution in [0.3, 0.4) is 0 Å². The number of ether oxygens (including phenoxy) is 2. The Bertz CT molecular complexity index is 1030. The highest BCUT2D eigenvalue weighted by atomic mass is 16.5. The van der Waals surface area contributed by atoms with E-state index in [1.807, 2.05) is 12.1 Å². The van der Waals surface area contributed by atoms with Gasteiger partial charge in [0.15, 0.2) is 5.75 Å². The Morgan fingerprint density at radius 2 is 2.12 bits per heavy atom. The third-order valence-electron chi connectivity index (χ3n) is 5.89. The molecule has 2 fully saturated rings. The number of hydrazine groups is 1. The smallest absolute Gasteiger partial charge is 0.252 e. The summed E-state index contributed by atoms with van der Waals surface area (Å²) in [4.78, 5) is 29.1. The van der Waals surface area contributed by atoms with E-state index < -0.39 is 5.91 Å². The summed E-state index contributed by atoms with van der Waals surface area (Å²) in [6.45, 7) is 0.487. The molecule has 4 rings (SSSR count).